The fourth-order valence-corrected chi connectivity index (χ4v) is 1.87. The third-order valence-electron chi connectivity index (χ3n) is 2.14. The van der Waals surface area contributed by atoms with E-state index >= 15 is 0 Å². The van der Waals surface area contributed by atoms with Gasteiger partial charge in [-0.05, 0) is 34.1 Å². The van der Waals surface area contributed by atoms with Crippen LogP contribution in [0.4, 0.5) is 5.69 Å². The first kappa shape index (κ1) is 11.7. The molecule has 0 aliphatic carbocycles. The summed E-state index contributed by atoms with van der Waals surface area (Å²) in [7, 11) is 1.61. The summed E-state index contributed by atoms with van der Waals surface area (Å²) in [6, 6.07) is 4.74. The van der Waals surface area contributed by atoms with Gasteiger partial charge in [0.2, 0.25) is 0 Å². The number of aromatic nitrogens is 1. The molecule has 0 unspecified atom stereocenters. The van der Waals surface area contributed by atoms with Crippen LogP contribution in [-0.2, 0) is 7.05 Å². The van der Waals surface area contributed by atoms with Crippen LogP contribution in [0.1, 0.15) is 10.6 Å². The molecule has 0 bridgehead atoms. The molecule has 2 aromatic heterocycles. The van der Waals surface area contributed by atoms with Crippen molar-refractivity contribution < 1.29 is 9.21 Å². The van der Waals surface area contributed by atoms with Crippen molar-refractivity contribution in [3.05, 3.63) is 51.2 Å². The summed E-state index contributed by atoms with van der Waals surface area (Å²) in [6.45, 7) is 0. The number of anilines is 1. The lowest BCUT2D eigenvalue weighted by molar-refractivity contribution is 0.0996. The van der Waals surface area contributed by atoms with Crippen molar-refractivity contribution in [2.45, 2.75) is 0 Å². The third-order valence-corrected chi connectivity index (χ3v) is 2.71. The molecule has 0 radical (unpaired) electrons. The van der Waals surface area contributed by atoms with Crippen molar-refractivity contribution in [1.29, 1.82) is 0 Å². The first-order chi connectivity index (χ1) is 8.08. The molecule has 2 heterocycles. The zero-order valence-electron chi connectivity index (χ0n) is 8.94. The predicted octanol–water partition coefficient (Wildman–Crippen LogP) is 1.99. The summed E-state index contributed by atoms with van der Waals surface area (Å²) in [5.41, 5.74) is 0.348. The molecule has 0 aliphatic heterocycles. The quantitative estimate of drug-likeness (QED) is 0.922. The highest BCUT2D eigenvalue weighted by Gasteiger charge is 2.10. The first-order valence-electron chi connectivity index (χ1n) is 4.79. The van der Waals surface area contributed by atoms with Gasteiger partial charge in [-0.2, -0.15) is 0 Å². The molecular weight excluding hydrogens is 288 g/mol. The number of carbonyl (C=O) groups is 1. The van der Waals surface area contributed by atoms with E-state index in [2.05, 4.69) is 21.2 Å². The molecule has 0 atom stereocenters. The largest absolute Gasteiger partial charge is 0.459 e. The van der Waals surface area contributed by atoms with Crippen molar-refractivity contribution in [3.8, 4) is 0 Å². The van der Waals surface area contributed by atoms with E-state index in [0.717, 1.165) is 0 Å². The second-order valence-corrected chi connectivity index (χ2v) is 4.28. The topological polar surface area (TPSA) is 64.2 Å². The number of amides is 1. The summed E-state index contributed by atoms with van der Waals surface area (Å²) < 4.78 is 6.72. The molecule has 2 aromatic rings. The van der Waals surface area contributed by atoms with Crippen LogP contribution >= 0.6 is 15.9 Å². The Morgan fingerprint density at radius 2 is 2.29 bits per heavy atom. The Bertz CT molecular complexity index is 575. The molecule has 0 spiro atoms. The minimum Gasteiger partial charge on any atom is -0.459 e. The second-order valence-electron chi connectivity index (χ2n) is 3.42. The van der Waals surface area contributed by atoms with Crippen LogP contribution < -0.4 is 10.9 Å². The molecule has 6 heteroatoms. The Kier molecular flexibility index (Phi) is 3.14. The van der Waals surface area contributed by atoms with Crippen LogP contribution in [0.25, 0.3) is 0 Å². The SMILES string of the molecule is Cn1cc(NC(=O)c2ccco2)cc(Br)c1=O. The molecule has 0 aromatic carbocycles. The second kappa shape index (κ2) is 4.58. The van der Waals surface area contributed by atoms with E-state index in [0.29, 0.717) is 10.2 Å². The monoisotopic (exact) mass is 296 g/mol. The fraction of sp³-hybridized carbons (Fsp3) is 0.0909. The van der Waals surface area contributed by atoms with Crippen LogP contribution in [0.2, 0.25) is 0 Å². The molecule has 0 saturated carbocycles. The average Bonchev–Trinajstić information content (AvgIpc) is 2.79. The van der Waals surface area contributed by atoms with Crippen molar-refractivity contribution in [3.63, 3.8) is 0 Å². The molecule has 17 heavy (non-hydrogen) atoms. The van der Waals surface area contributed by atoms with Crippen LogP contribution in [0.3, 0.4) is 0 Å². The Hall–Kier alpha value is -1.82. The molecule has 2 rings (SSSR count). The van der Waals surface area contributed by atoms with Crippen LogP contribution in [0.5, 0.6) is 0 Å². The Balaban J connectivity index is 2.25. The van der Waals surface area contributed by atoms with Gasteiger partial charge in [0.15, 0.2) is 5.76 Å². The van der Waals surface area contributed by atoms with E-state index in [-0.39, 0.29) is 17.2 Å². The zero-order valence-corrected chi connectivity index (χ0v) is 10.5. The van der Waals surface area contributed by atoms with Gasteiger partial charge in [-0.15, -0.1) is 0 Å². The van der Waals surface area contributed by atoms with Crippen LogP contribution in [0, 0.1) is 0 Å². The number of carbonyl (C=O) groups excluding carboxylic acids is 1. The van der Waals surface area contributed by atoms with E-state index in [1.807, 2.05) is 0 Å². The smallest absolute Gasteiger partial charge is 0.291 e. The van der Waals surface area contributed by atoms with Crippen LogP contribution in [0.15, 0.2) is 44.3 Å². The van der Waals surface area contributed by atoms with Gasteiger partial charge >= 0.3 is 0 Å². The van der Waals surface area contributed by atoms with Gasteiger partial charge in [0, 0.05) is 13.2 Å². The summed E-state index contributed by atoms with van der Waals surface area (Å²) in [5.74, 6) is -0.143. The molecule has 0 aliphatic rings. The number of furan rings is 1. The van der Waals surface area contributed by atoms with Gasteiger partial charge in [0.1, 0.15) is 0 Å². The van der Waals surface area contributed by atoms with E-state index in [1.165, 1.54) is 17.0 Å². The Morgan fingerprint density at radius 3 is 2.88 bits per heavy atom. The number of aryl methyl sites for hydroxylation is 1. The number of halogens is 1. The van der Waals surface area contributed by atoms with Gasteiger partial charge in [0.05, 0.1) is 16.4 Å². The number of rotatable bonds is 2. The maximum absolute atomic E-state index is 11.7. The minimum atomic E-state index is -0.361. The molecule has 5 nitrogen and oxygen atoms in total. The summed E-state index contributed by atoms with van der Waals surface area (Å²) in [6.07, 6.45) is 2.96. The van der Waals surface area contributed by atoms with E-state index in [1.54, 1.807) is 25.2 Å². The molecule has 1 N–H and O–H groups in total. The van der Waals surface area contributed by atoms with Gasteiger partial charge in [-0.1, -0.05) is 0 Å². The van der Waals surface area contributed by atoms with Crippen LogP contribution in [-0.4, -0.2) is 10.5 Å². The molecular formula is C11H9BrN2O3. The lowest BCUT2D eigenvalue weighted by Crippen LogP contribution is -2.19. The normalized spacial score (nSPS) is 10.2. The van der Waals surface area contributed by atoms with Gasteiger partial charge in [0.25, 0.3) is 11.5 Å². The Morgan fingerprint density at radius 1 is 1.53 bits per heavy atom. The number of pyridine rings is 1. The summed E-state index contributed by atoms with van der Waals surface area (Å²) in [4.78, 5) is 23.1. The van der Waals surface area contributed by atoms with Gasteiger partial charge in [-0.25, -0.2) is 0 Å². The summed E-state index contributed by atoms with van der Waals surface area (Å²) >= 11 is 3.13. The fourth-order valence-electron chi connectivity index (χ4n) is 1.34. The highest BCUT2D eigenvalue weighted by atomic mass is 79.9. The highest BCUT2D eigenvalue weighted by Crippen LogP contribution is 2.13. The first-order valence-corrected chi connectivity index (χ1v) is 5.58. The van der Waals surface area contributed by atoms with E-state index in [4.69, 9.17) is 4.42 Å². The molecule has 0 fully saturated rings. The maximum atomic E-state index is 11.7. The van der Waals surface area contributed by atoms with Gasteiger partial charge < -0.3 is 14.3 Å². The van der Waals surface area contributed by atoms with Crippen molar-refractivity contribution in [2.24, 2.45) is 7.05 Å². The molecule has 0 saturated heterocycles. The highest BCUT2D eigenvalue weighted by molar-refractivity contribution is 9.10. The minimum absolute atomic E-state index is 0.166. The zero-order chi connectivity index (χ0) is 12.4. The molecule has 88 valence electrons. The number of nitrogens with one attached hydrogen (secondary N) is 1. The number of nitrogens with zero attached hydrogens (tertiary/aromatic N) is 1. The third kappa shape index (κ3) is 2.47. The Labute approximate surface area is 105 Å². The maximum Gasteiger partial charge on any atom is 0.291 e. The lowest BCUT2D eigenvalue weighted by atomic mass is 10.3. The van der Waals surface area contributed by atoms with Crippen molar-refractivity contribution in [1.82, 2.24) is 4.57 Å². The standard InChI is InChI=1S/C11H9BrN2O3/c1-14-6-7(5-8(12)11(14)16)13-10(15)9-3-2-4-17-9/h2-6H,1H3,(H,13,15). The van der Waals surface area contributed by atoms with E-state index < -0.39 is 0 Å². The average molecular weight is 297 g/mol. The van der Waals surface area contributed by atoms with Crippen molar-refractivity contribution >= 4 is 27.5 Å². The van der Waals surface area contributed by atoms with Gasteiger partial charge in [-0.3, -0.25) is 9.59 Å². The van der Waals surface area contributed by atoms with E-state index in [9.17, 15) is 9.59 Å². The lowest BCUT2D eigenvalue weighted by Gasteiger charge is -2.06. The molecule has 1 amide bonds. The predicted molar refractivity (Wildman–Crippen MR) is 66.0 cm³/mol. The summed E-state index contributed by atoms with van der Waals surface area (Å²) in [5, 5.41) is 2.63. The number of hydrogen-bond donors (Lipinski definition) is 1. The van der Waals surface area contributed by atoms with Crippen molar-refractivity contribution in [2.75, 3.05) is 5.32 Å². The number of hydrogen-bond acceptors (Lipinski definition) is 3.